The minimum atomic E-state index is -4.96. The van der Waals surface area contributed by atoms with Crippen LogP contribution in [-0.2, 0) is 9.59 Å². The number of nitrogens with one attached hydrogen (secondary N) is 1. The smallest absolute Gasteiger partial charge is 0.471 e. The molecular weight excluding hydrogens is 239 g/mol. The van der Waals surface area contributed by atoms with Gasteiger partial charge in [0.1, 0.15) is 0 Å². The molecule has 1 amide bonds. The van der Waals surface area contributed by atoms with Crippen LogP contribution in [0.2, 0.25) is 0 Å². The molecule has 0 spiro atoms. The molecule has 1 aliphatic carbocycles. The Balaban J connectivity index is 2.70. The van der Waals surface area contributed by atoms with E-state index in [2.05, 4.69) is 0 Å². The fourth-order valence-corrected chi connectivity index (χ4v) is 2.03. The first kappa shape index (κ1) is 13.8. The predicted molar refractivity (Wildman–Crippen MR) is 52.2 cm³/mol. The third-order valence-electron chi connectivity index (χ3n) is 2.91. The predicted octanol–water partition coefficient (Wildman–Crippen LogP) is 1.70. The van der Waals surface area contributed by atoms with Crippen LogP contribution in [0.4, 0.5) is 13.2 Å². The topological polar surface area (TPSA) is 66.4 Å². The number of rotatable bonds is 2. The highest BCUT2D eigenvalue weighted by Gasteiger charge is 2.41. The Kier molecular flexibility index (Phi) is 4.36. The lowest BCUT2D eigenvalue weighted by Crippen LogP contribution is -2.47. The normalized spacial score (nSPS) is 26.1. The lowest BCUT2D eigenvalue weighted by Gasteiger charge is -2.23. The zero-order chi connectivity index (χ0) is 13.1. The van der Waals surface area contributed by atoms with Gasteiger partial charge in [-0.1, -0.05) is 19.3 Å². The molecule has 7 heteroatoms. The number of hydrogen-bond donors (Lipinski definition) is 2. The van der Waals surface area contributed by atoms with Crippen molar-refractivity contribution in [2.45, 2.75) is 44.3 Å². The average Bonchev–Trinajstić information content (AvgIpc) is 2.41. The van der Waals surface area contributed by atoms with E-state index in [4.69, 9.17) is 5.11 Å². The van der Waals surface area contributed by atoms with Gasteiger partial charge in [0, 0.05) is 6.04 Å². The molecule has 0 unspecified atom stereocenters. The number of carbonyl (C=O) groups is 2. The molecule has 0 saturated heterocycles. The molecule has 1 saturated carbocycles. The Bertz CT molecular complexity index is 304. The monoisotopic (exact) mass is 253 g/mol. The van der Waals surface area contributed by atoms with Crippen LogP contribution in [0.15, 0.2) is 0 Å². The standard InChI is InChI=1S/C10H14F3NO3/c11-10(12,13)9(17)14-7-5-3-1-2-4-6(7)8(15)16/h6-7H,1-5H2,(H,14,17)(H,15,16)/t6-,7+/m0/s1. The molecule has 1 aliphatic rings. The molecular formula is C10H14F3NO3. The van der Waals surface area contributed by atoms with Gasteiger partial charge >= 0.3 is 18.1 Å². The largest absolute Gasteiger partial charge is 0.481 e. The van der Waals surface area contributed by atoms with Gasteiger partial charge in [-0.25, -0.2) is 0 Å². The van der Waals surface area contributed by atoms with Crippen molar-refractivity contribution in [3.05, 3.63) is 0 Å². The van der Waals surface area contributed by atoms with E-state index in [-0.39, 0.29) is 6.42 Å². The molecule has 0 bridgehead atoms. The zero-order valence-electron chi connectivity index (χ0n) is 9.09. The fourth-order valence-electron chi connectivity index (χ4n) is 2.03. The van der Waals surface area contributed by atoms with E-state index in [1.54, 1.807) is 5.32 Å². The maximum absolute atomic E-state index is 12.1. The van der Waals surface area contributed by atoms with Crippen molar-refractivity contribution in [3.63, 3.8) is 0 Å². The molecule has 98 valence electrons. The number of aliphatic carboxylic acids is 1. The number of amides is 1. The summed E-state index contributed by atoms with van der Waals surface area (Å²) in [4.78, 5) is 21.7. The molecule has 0 aromatic heterocycles. The summed E-state index contributed by atoms with van der Waals surface area (Å²) in [6.45, 7) is 0. The van der Waals surface area contributed by atoms with Crippen LogP contribution in [0.3, 0.4) is 0 Å². The number of halogens is 3. The Morgan fingerprint density at radius 1 is 1.12 bits per heavy atom. The van der Waals surface area contributed by atoms with Gasteiger partial charge in [0.15, 0.2) is 0 Å². The van der Waals surface area contributed by atoms with Gasteiger partial charge in [-0.15, -0.1) is 0 Å². The summed E-state index contributed by atoms with van der Waals surface area (Å²) in [5, 5.41) is 10.7. The summed E-state index contributed by atoms with van der Waals surface area (Å²) < 4.78 is 36.2. The number of carboxylic acids is 1. The van der Waals surface area contributed by atoms with E-state index in [1.165, 1.54) is 0 Å². The van der Waals surface area contributed by atoms with Crippen molar-refractivity contribution in [1.29, 1.82) is 0 Å². The molecule has 0 aromatic rings. The van der Waals surface area contributed by atoms with Crippen LogP contribution in [0.5, 0.6) is 0 Å². The van der Waals surface area contributed by atoms with E-state index in [1.807, 2.05) is 0 Å². The number of carboxylic acid groups (broad SMARTS) is 1. The lowest BCUT2D eigenvalue weighted by molar-refractivity contribution is -0.175. The average molecular weight is 253 g/mol. The summed E-state index contributed by atoms with van der Waals surface area (Å²) in [6.07, 6.45) is -2.31. The SMILES string of the molecule is O=C(O)[C@H]1CCCCC[C@H]1NC(=O)C(F)(F)F. The van der Waals surface area contributed by atoms with Crippen molar-refractivity contribution in [2.24, 2.45) is 5.92 Å². The van der Waals surface area contributed by atoms with Crippen molar-refractivity contribution < 1.29 is 27.9 Å². The van der Waals surface area contributed by atoms with Gasteiger partial charge in [-0.05, 0) is 12.8 Å². The first-order valence-electron chi connectivity index (χ1n) is 5.43. The summed E-state index contributed by atoms with van der Waals surface area (Å²) in [5.74, 6) is -4.14. The fraction of sp³-hybridized carbons (Fsp3) is 0.800. The van der Waals surface area contributed by atoms with E-state index in [0.717, 1.165) is 6.42 Å². The Morgan fingerprint density at radius 2 is 1.71 bits per heavy atom. The van der Waals surface area contributed by atoms with Crippen LogP contribution in [-0.4, -0.2) is 29.2 Å². The molecule has 0 aromatic carbocycles. The van der Waals surface area contributed by atoms with Gasteiger partial charge in [0.05, 0.1) is 5.92 Å². The number of hydrogen-bond acceptors (Lipinski definition) is 2. The zero-order valence-corrected chi connectivity index (χ0v) is 9.09. The van der Waals surface area contributed by atoms with Crippen molar-refractivity contribution in [3.8, 4) is 0 Å². The van der Waals surface area contributed by atoms with Crippen LogP contribution >= 0.6 is 0 Å². The molecule has 0 aliphatic heterocycles. The molecule has 2 N–H and O–H groups in total. The van der Waals surface area contributed by atoms with Crippen LogP contribution in [0.25, 0.3) is 0 Å². The second-order valence-electron chi connectivity index (χ2n) is 4.16. The first-order valence-corrected chi connectivity index (χ1v) is 5.43. The Morgan fingerprint density at radius 3 is 2.24 bits per heavy atom. The van der Waals surface area contributed by atoms with E-state index >= 15 is 0 Å². The highest BCUT2D eigenvalue weighted by atomic mass is 19.4. The third-order valence-corrected chi connectivity index (χ3v) is 2.91. The van der Waals surface area contributed by atoms with Crippen LogP contribution in [0.1, 0.15) is 32.1 Å². The molecule has 2 atom stereocenters. The van der Waals surface area contributed by atoms with Gasteiger partial charge in [0.25, 0.3) is 0 Å². The Labute approximate surface area is 96.2 Å². The maximum Gasteiger partial charge on any atom is 0.471 e. The lowest BCUT2D eigenvalue weighted by atomic mass is 9.95. The highest BCUT2D eigenvalue weighted by molar-refractivity contribution is 5.82. The summed E-state index contributed by atoms with van der Waals surface area (Å²) in [6, 6.07) is -0.927. The van der Waals surface area contributed by atoms with Crippen molar-refractivity contribution >= 4 is 11.9 Å². The molecule has 4 nitrogen and oxygen atoms in total. The minimum Gasteiger partial charge on any atom is -0.481 e. The molecule has 1 rings (SSSR count). The summed E-state index contributed by atoms with van der Waals surface area (Å²) >= 11 is 0. The molecule has 0 heterocycles. The quantitative estimate of drug-likeness (QED) is 0.736. The van der Waals surface area contributed by atoms with E-state index in [0.29, 0.717) is 19.3 Å². The second kappa shape index (κ2) is 5.37. The second-order valence-corrected chi connectivity index (χ2v) is 4.16. The van der Waals surface area contributed by atoms with E-state index in [9.17, 15) is 22.8 Å². The molecule has 17 heavy (non-hydrogen) atoms. The number of alkyl halides is 3. The number of carbonyl (C=O) groups excluding carboxylic acids is 1. The first-order chi connectivity index (χ1) is 7.82. The maximum atomic E-state index is 12.1. The van der Waals surface area contributed by atoms with Crippen molar-refractivity contribution in [1.82, 2.24) is 5.32 Å². The highest BCUT2D eigenvalue weighted by Crippen LogP contribution is 2.25. The minimum absolute atomic E-state index is 0.277. The van der Waals surface area contributed by atoms with E-state index < -0.39 is 30.0 Å². The van der Waals surface area contributed by atoms with Crippen LogP contribution < -0.4 is 5.32 Å². The molecule has 0 radical (unpaired) electrons. The van der Waals surface area contributed by atoms with Gasteiger partial charge in [0.2, 0.25) is 0 Å². The van der Waals surface area contributed by atoms with Crippen molar-refractivity contribution in [2.75, 3.05) is 0 Å². The molecule has 1 fully saturated rings. The van der Waals surface area contributed by atoms with Gasteiger partial charge in [-0.3, -0.25) is 9.59 Å². The van der Waals surface area contributed by atoms with Crippen LogP contribution in [0, 0.1) is 5.92 Å². The summed E-state index contributed by atoms with van der Waals surface area (Å²) in [5.41, 5.74) is 0. The van der Waals surface area contributed by atoms with Gasteiger partial charge < -0.3 is 10.4 Å². The Hall–Kier alpha value is -1.27. The van der Waals surface area contributed by atoms with Gasteiger partial charge in [-0.2, -0.15) is 13.2 Å². The third kappa shape index (κ3) is 3.90. The summed E-state index contributed by atoms with van der Waals surface area (Å²) in [7, 11) is 0.